The number of allylic oxidation sites excluding steroid dienone is 1. The predicted molar refractivity (Wildman–Crippen MR) is 142 cm³/mol. The van der Waals surface area contributed by atoms with Gasteiger partial charge < -0.3 is 13.9 Å². The topological polar surface area (TPSA) is 83.0 Å². The zero-order chi connectivity index (χ0) is 25.9. The van der Waals surface area contributed by atoms with Crippen LogP contribution in [0.4, 0.5) is 0 Å². The number of ether oxygens (including phenoxy) is 2. The molecule has 0 saturated carbocycles. The monoisotopic (exact) mass is 514 g/mol. The summed E-state index contributed by atoms with van der Waals surface area (Å²) < 4.78 is 18.9. The highest BCUT2D eigenvalue weighted by atomic mass is 32.1. The molecule has 37 heavy (non-hydrogen) atoms. The number of hydrogen-bond donors (Lipinski definition) is 0. The molecule has 2 aromatic carbocycles. The average Bonchev–Trinajstić information content (AvgIpc) is 3.49. The highest BCUT2D eigenvalue weighted by Crippen LogP contribution is 2.31. The minimum Gasteiger partial charge on any atom is -0.494 e. The van der Waals surface area contributed by atoms with Crippen molar-refractivity contribution in [2.45, 2.75) is 26.8 Å². The van der Waals surface area contributed by atoms with Crippen LogP contribution in [0, 0.1) is 0 Å². The Morgan fingerprint density at radius 2 is 1.81 bits per heavy atom. The van der Waals surface area contributed by atoms with E-state index in [-0.39, 0.29) is 12.2 Å². The minimum absolute atomic E-state index is 0.221. The minimum atomic E-state index is -0.676. The maximum Gasteiger partial charge on any atom is 0.338 e. The molecule has 8 heteroatoms. The number of benzene rings is 2. The first-order chi connectivity index (χ1) is 18.0. The van der Waals surface area contributed by atoms with Gasteiger partial charge in [-0.15, -0.1) is 0 Å². The molecule has 0 aliphatic carbocycles. The van der Waals surface area contributed by atoms with Crippen LogP contribution in [0.2, 0.25) is 0 Å². The van der Waals surface area contributed by atoms with Crippen LogP contribution in [0.3, 0.4) is 0 Å². The van der Waals surface area contributed by atoms with E-state index in [9.17, 15) is 9.59 Å². The molecule has 2 aromatic heterocycles. The normalized spacial score (nSPS) is 15.3. The summed E-state index contributed by atoms with van der Waals surface area (Å²) in [7, 11) is 0. The summed E-state index contributed by atoms with van der Waals surface area (Å²) in [4.78, 5) is 31.9. The first-order valence-electron chi connectivity index (χ1n) is 12.1. The second-order valence-electron chi connectivity index (χ2n) is 8.37. The van der Waals surface area contributed by atoms with Gasteiger partial charge in [0.25, 0.3) is 5.56 Å². The molecular weight excluding hydrogens is 488 g/mol. The highest BCUT2D eigenvalue weighted by molar-refractivity contribution is 7.07. The van der Waals surface area contributed by atoms with E-state index in [1.807, 2.05) is 73.7 Å². The van der Waals surface area contributed by atoms with Crippen LogP contribution in [-0.2, 0) is 9.53 Å². The summed E-state index contributed by atoms with van der Waals surface area (Å²) in [5.74, 6) is 1.50. The first-order valence-corrected chi connectivity index (χ1v) is 12.9. The van der Waals surface area contributed by atoms with Crippen molar-refractivity contribution in [3.63, 3.8) is 0 Å². The lowest BCUT2D eigenvalue weighted by molar-refractivity contribution is -0.139. The molecule has 7 nitrogen and oxygen atoms in total. The molecule has 0 unspecified atom stereocenters. The van der Waals surface area contributed by atoms with Gasteiger partial charge in [0, 0.05) is 11.6 Å². The molecule has 0 N–H and O–H groups in total. The summed E-state index contributed by atoms with van der Waals surface area (Å²) in [5, 5.41) is 0. The van der Waals surface area contributed by atoms with Gasteiger partial charge in [-0.2, -0.15) is 0 Å². The number of hydrogen-bond acceptors (Lipinski definition) is 7. The van der Waals surface area contributed by atoms with E-state index in [0.717, 1.165) is 11.1 Å². The van der Waals surface area contributed by atoms with Crippen LogP contribution in [-0.4, -0.2) is 23.8 Å². The van der Waals surface area contributed by atoms with E-state index in [0.29, 0.717) is 44.5 Å². The van der Waals surface area contributed by atoms with E-state index in [1.54, 1.807) is 24.5 Å². The average molecular weight is 515 g/mol. The lowest BCUT2D eigenvalue weighted by Crippen LogP contribution is -2.39. The zero-order valence-corrected chi connectivity index (χ0v) is 21.6. The van der Waals surface area contributed by atoms with Crippen molar-refractivity contribution in [3.8, 4) is 17.1 Å². The van der Waals surface area contributed by atoms with Crippen molar-refractivity contribution in [2.75, 3.05) is 13.2 Å². The molecule has 4 aromatic rings. The number of nitrogens with zero attached hydrogens (tertiary/aromatic N) is 2. The van der Waals surface area contributed by atoms with Gasteiger partial charge in [-0.05, 0) is 50.6 Å². The molecule has 0 spiro atoms. The number of carbonyl (C=O) groups is 1. The molecule has 0 bridgehead atoms. The van der Waals surface area contributed by atoms with Crippen molar-refractivity contribution in [1.82, 2.24) is 4.57 Å². The molecule has 5 rings (SSSR count). The number of furan rings is 1. The fraction of sp³-hybridized carbons (Fsp3) is 0.207. The van der Waals surface area contributed by atoms with Gasteiger partial charge in [-0.1, -0.05) is 53.8 Å². The Bertz CT molecular complexity index is 1640. The molecule has 3 heterocycles. The first kappa shape index (κ1) is 24.5. The molecule has 0 radical (unpaired) electrons. The van der Waals surface area contributed by atoms with Gasteiger partial charge in [0.15, 0.2) is 4.80 Å². The van der Waals surface area contributed by atoms with Gasteiger partial charge in [-0.3, -0.25) is 9.36 Å². The van der Waals surface area contributed by atoms with Crippen LogP contribution < -0.4 is 19.6 Å². The van der Waals surface area contributed by atoms with Crippen LogP contribution >= 0.6 is 11.3 Å². The third kappa shape index (κ3) is 4.80. The predicted octanol–water partition coefficient (Wildman–Crippen LogP) is 4.46. The largest absolute Gasteiger partial charge is 0.494 e. The molecule has 0 fully saturated rings. The summed E-state index contributed by atoms with van der Waals surface area (Å²) >= 11 is 1.26. The van der Waals surface area contributed by atoms with Gasteiger partial charge in [-0.25, -0.2) is 9.79 Å². The Balaban J connectivity index is 1.62. The zero-order valence-electron chi connectivity index (χ0n) is 20.8. The third-order valence-corrected chi connectivity index (χ3v) is 6.97. The van der Waals surface area contributed by atoms with Crippen LogP contribution in [0.1, 0.15) is 38.1 Å². The van der Waals surface area contributed by atoms with Gasteiger partial charge in [0.1, 0.15) is 17.3 Å². The SMILES string of the molecule is CCOC(=O)C1=C(C)N=c2s/c(=C\c3ccc(-c4ccccc4)o3)c(=O)n2[C@H]1c1ccc(OCC)cc1. The van der Waals surface area contributed by atoms with Crippen molar-refractivity contribution >= 4 is 23.4 Å². The summed E-state index contributed by atoms with van der Waals surface area (Å²) in [6.45, 7) is 6.20. The molecular formula is C29H26N2O5S. The maximum absolute atomic E-state index is 13.7. The number of carbonyl (C=O) groups excluding carboxylic acids is 1. The summed E-state index contributed by atoms with van der Waals surface area (Å²) in [5.41, 5.74) is 2.32. The lowest BCUT2D eigenvalue weighted by Gasteiger charge is -2.24. The van der Waals surface area contributed by atoms with Crippen molar-refractivity contribution in [1.29, 1.82) is 0 Å². The lowest BCUT2D eigenvalue weighted by atomic mass is 9.96. The smallest absolute Gasteiger partial charge is 0.338 e. The van der Waals surface area contributed by atoms with Crippen LogP contribution in [0.15, 0.2) is 92.2 Å². The molecule has 0 saturated heterocycles. The third-order valence-electron chi connectivity index (χ3n) is 5.98. The second-order valence-corrected chi connectivity index (χ2v) is 9.38. The molecule has 1 atom stereocenters. The van der Waals surface area contributed by atoms with E-state index in [4.69, 9.17) is 13.9 Å². The number of thiazole rings is 1. The summed E-state index contributed by atoms with van der Waals surface area (Å²) in [6.07, 6.45) is 1.72. The van der Waals surface area contributed by atoms with Crippen LogP contribution in [0.5, 0.6) is 5.75 Å². The number of aromatic nitrogens is 1. The molecule has 1 aliphatic heterocycles. The summed E-state index contributed by atoms with van der Waals surface area (Å²) in [6, 6.07) is 20.2. The van der Waals surface area contributed by atoms with E-state index in [2.05, 4.69) is 4.99 Å². The Morgan fingerprint density at radius 3 is 2.51 bits per heavy atom. The van der Waals surface area contributed by atoms with Crippen molar-refractivity contribution < 1.29 is 18.7 Å². The standard InChI is InChI=1S/C29H26N2O5S/c1-4-34-21-13-11-20(12-14-21)26-25(28(33)35-5-2)18(3)30-29-31(26)27(32)24(37-29)17-22-15-16-23(36-22)19-9-7-6-8-10-19/h6-17,26H,4-5H2,1-3H3/b24-17-/t26-/m0/s1. The number of esters is 1. The van der Waals surface area contributed by atoms with E-state index in [1.165, 1.54) is 11.3 Å². The second kappa shape index (κ2) is 10.4. The van der Waals surface area contributed by atoms with Gasteiger partial charge >= 0.3 is 5.97 Å². The Kier molecular flexibility index (Phi) is 6.92. The number of rotatable bonds is 7. The highest BCUT2D eigenvalue weighted by Gasteiger charge is 2.33. The van der Waals surface area contributed by atoms with Crippen LogP contribution in [0.25, 0.3) is 17.4 Å². The van der Waals surface area contributed by atoms with E-state index < -0.39 is 12.0 Å². The Labute approximate surface area is 217 Å². The van der Waals surface area contributed by atoms with Gasteiger partial charge in [0.05, 0.1) is 35.1 Å². The van der Waals surface area contributed by atoms with E-state index >= 15 is 0 Å². The fourth-order valence-corrected chi connectivity index (χ4v) is 5.36. The fourth-order valence-electron chi connectivity index (χ4n) is 4.34. The Morgan fingerprint density at radius 1 is 1.05 bits per heavy atom. The van der Waals surface area contributed by atoms with Gasteiger partial charge in [0.2, 0.25) is 0 Å². The maximum atomic E-state index is 13.7. The molecule has 1 aliphatic rings. The molecule has 0 amide bonds. The van der Waals surface area contributed by atoms with Crippen molar-refractivity contribution in [2.24, 2.45) is 4.99 Å². The molecule has 188 valence electrons. The van der Waals surface area contributed by atoms with Crippen molar-refractivity contribution in [3.05, 3.63) is 109 Å². The Hall–Kier alpha value is -4.17. The number of fused-ring (bicyclic) bond motifs is 1. The quantitative estimate of drug-likeness (QED) is 0.340.